The second-order valence-corrected chi connectivity index (χ2v) is 4.31. The molecule has 0 rings (SSSR count). The van der Waals surface area contributed by atoms with Crippen LogP contribution in [0.3, 0.4) is 0 Å². The van der Waals surface area contributed by atoms with Gasteiger partial charge in [0.25, 0.3) is 0 Å². The molecule has 0 heterocycles. The number of hydrogen-bond donors (Lipinski definition) is 3. The van der Waals surface area contributed by atoms with Crippen molar-refractivity contribution in [3.05, 3.63) is 0 Å². The zero-order chi connectivity index (χ0) is 11.7. The van der Waals surface area contributed by atoms with Crippen LogP contribution in [-0.4, -0.2) is 44.9 Å². The highest BCUT2D eigenvalue weighted by Crippen LogP contribution is 2.09. The summed E-state index contributed by atoms with van der Waals surface area (Å²) < 4.78 is 0. The van der Waals surface area contributed by atoms with Crippen molar-refractivity contribution in [1.29, 1.82) is 0 Å². The summed E-state index contributed by atoms with van der Waals surface area (Å²) in [5, 5.41) is 26.1. The Bertz CT molecular complexity index is 207. The molecule has 0 aromatic rings. The summed E-state index contributed by atoms with van der Waals surface area (Å²) in [5.74, 6) is -0.762. The van der Waals surface area contributed by atoms with E-state index in [-0.39, 0.29) is 12.8 Å². The Balaban J connectivity index is 3.29. The molecule has 0 amide bonds. The molecule has 6 heteroatoms. The van der Waals surface area contributed by atoms with Gasteiger partial charge in [-0.15, -0.1) is 0 Å². The smallest absolute Gasteiger partial charge is 0.304 e. The van der Waals surface area contributed by atoms with Crippen molar-refractivity contribution in [3.8, 4) is 0 Å². The molecular weight excluding hydrogens is 220 g/mol. The average molecular weight is 236 g/mol. The highest BCUT2D eigenvalue weighted by molar-refractivity contribution is 7.99. The molecule has 5 nitrogen and oxygen atoms in total. The minimum Gasteiger partial charge on any atom is -0.481 e. The molecule has 0 aliphatic carbocycles. The second-order valence-electron chi connectivity index (χ2n) is 3.16. The number of aliphatic hydroxyl groups excluding tert-OH is 1. The van der Waals surface area contributed by atoms with Crippen LogP contribution < -0.4 is 0 Å². The number of hydrogen-bond acceptors (Lipinski definition) is 4. The number of carboxylic acids is 2. The van der Waals surface area contributed by atoms with E-state index in [1.165, 1.54) is 11.8 Å². The summed E-state index contributed by atoms with van der Waals surface area (Å²) in [6.45, 7) is 0. The molecule has 0 spiro atoms. The van der Waals surface area contributed by atoms with Crippen LogP contribution in [0.4, 0.5) is 0 Å². The Morgan fingerprint density at radius 2 is 1.73 bits per heavy atom. The maximum absolute atomic E-state index is 10.2. The van der Waals surface area contributed by atoms with Crippen molar-refractivity contribution < 1.29 is 24.9 Å². The lowest BCUT2D eigenvalue weighted by molar-refractivity contribution is -0.137. The Kier molecular flexibility index (Phi) is 8.12. The first-order chi connectivity index (χ1) is 7.02. The summed E-state index contributed by atoms with van der Waals surface area (Å²) in [4.78, 5) is 20.3. The normalized spacial score (nSPS) is 12.3. The van der Waals surface area contributed by atoms with E-state index in [9.17, 15) is 14.7 Å². The zero-order valence-electron chi connectivity index (χ0n) is 8.39. The quantitative estimate of drug-likeness (QED) is 0.513. The fraction of sp³-hybridized carbons (Fsp3) is 0.778. The average Bonchev–Trinajstić information content (AvgIpc) is 2.11. The van der Waals surface area contributed by atoms with E-state index in [1.54, 1.807) is 0 Å². The fourth-order valence-corrected chi connectivity index (χ4v) is 1.88. The van der Waals surface area contributed by atoms with Crippen molar-refractivity contribution in [3.63, 3.8) is 0 Å². The molecule has 3 N–H and O–H groups in total. The van der Waals surface area contributed by atoms with E-state index in [4.69, 9.17) is 10.2 Å². The molecule has 1 atom stereocenters. The van der Waals surface area contributed by atoms with Crippen molar-refractivity contribution >= 4 is 23.7 Å². The SMILES string of the molecule is O=C(O)CCCC(O)CSCCC(=O)O. The van der Waals surface area contributed by atoms with Crippen LogP contribution >= 0.6 is 11.8 Å². The molecular formula is C9H16O5S. The first-order valence-electron chi connectivity index (χ1n) is 4.71. The number of thioether (sulfide) groups is 1. The third-order valence-corrected chi connectivity index (χ3v) is 2.81. The van der Waals surface area contributed by atoms with Gasteiger partial charge < -0.3 is 15.3 Å². The van der Waals surface area contributed by atoms with Crippen LogP contribution in [-0.2, 0) is 9.59 Å². The minimum absolute atomic E-state index is 0.0663. The van der Waals surface area contributed by atoms with Crippen molar-refractivity contribution in [2.45, 2.75) is 31.8 Å². The van der Waals surface area contributed by atoms with E-state index in [1.807, 2.05) is 0 Å². The molecule has 0 saturated carbocycles. The summed E-state index contributed by atoms with van der Waals surface area (Å²) in [7, 11) is 0. The zero-order valence-corrected chi connectivity index (χ0v) is 9.20. The predicted octanol–water partition coefficient (Wildman–Crippen LogP) is 0.810. The summed E-state index contributed by atoms with van der Waals surface area (Å²) in [6.07, 6.45) is 0.522. The van der Waals surface area contributed by atoms with Crippen LogP contribution in [0.2, 0.25) is 0 Å². The molecule has 0 saturated heterocycles. The van der Waals surface area contributed by atoms with Crippen molar-refractivity contribution in [2.24, 2.45) is 0 Å². The number of carbonyl (C=O) groups is 2. The Labute approximate surface area is 92.5 Å². The van der Waals surface area contributed by atoms with Gasteiger partial charge in [-0.1, -0.05) is 0 Å². The maximum Gasteiger partial charge on any atom is 0.304 e. The topological polar surface area (TPSA) is 94.8 Å². The lowest BCUT2D eigenvalue weighted by Gasteiger charge is -2.08. The molecule has 0 bridgehead atoms. The molecule has 88 valence electrons. The monoisotopic (exact) mass is 236 g/mol. The fourth-order valence-electron chi connectivity index (χ4n) is 0.951. The van der Waals surface area contributed by atoms with Crippen LogP contribution in [0, 0.1) is 0 Å². The number of rotatable bonds is 9. The molecule has 0 radical (unpaired) electrons. The summed E-state index contributed by atoms with van der Waals surface area (Å²) in [5.41, 5.74) is 0. The largest absolute Gasteiger partial charge is 0.481 e. The molecule has 1 unspecified atom stereocenters. The lowest BCUT2D eigenvalue weighted by Crippen LogP contribution is -2.11. The van der Waals surface area contributed by atoms with Gasteiger partial charge in [0.2, 0.25) is 0 Å². The van der Waals surface area contributed by atoms with E-state index < -0.39 is 18.0 Å². The maximum atomic E-state index is 10.2. The summed E-state index contributed by atoms with van der Waals surface area (Å²) >= 11 is 1.37. The molecule has 0 fully saturated rings. The highest BCUT2D eigenvalue weighted by atomic mass is 32.2. The van der Waals surface area contributed by atoms with Gasteiger partial charge in [0.1, 0.15) is 0 Å². The number of carboxylic acid groups (broad SMARTS) is 2. The van der Waals surface area contributed by atoms with Gasteiger partial charge >= 0.3 is 11.9 Å². The van der Waals surface area contributed by atoms with Crippen LogP contribution in [0.25, 0.3) is 0 Å². The minimum atomic E-state index is -0.860. The Hall–Kier alpha value is -0.750. The van der Waals surface area contributed by atoms with Gasteiger partial charge in [-0.25, -0.2) is 0 Å². The van der Waals surface area contributed by atoms with E-state index in [0.29, 0.717) is 24.3 Å². The molecule has 0 aromatic heterocycles. The Morgan fingerprint density at radius 1 is 1.13 bits per heavy atom. The van der Waals surface area contributed by atoms with Gasteiger partial charge in [0, 0.05) is 17.9 Å². The van der Waals surface area contributed by atoms with Crippen molar-refractivity contribution in [2.75, 3.05) is 11.5 Å². The third-order valence-electron chi connectivity index (χ3n) is 1.70. The molecule has 0 aromatic carbocycles. The van der Waals surface area contributed by atoms with Gasteiger partial charge in [-0.2, -0.15) is 11.8 Å². The molecule has 0 aliphatic rings. The van der Waals surface area contributed by atoms with E-state index in [0.717, 1.165) is 0 Å². The van der Waals surface area contributed by atoms with Gasteiger partial charge in [0.15, 0.2) is 0 Å². The highest BCUT2D eigenvalue weighted by Gasteiger charge is 2.06. The first kappa shape index (κ1) is 14.2. The van der Waals surface area contributed by atoms with Gasteiger partial charge in [0.05, 0.1) is 12.5 Å². The second kappa shape index (κ2) is 8.55. The van der Waals surface area contributed by atoms with Crippen LogP contribution in [0.5, 0.6) is 0 Å². The van der Waals surface area contributed by atoms with E-state index >= 15 is 0 Å². The number of aliphatic carboxylic acids is 2. The first-order valence-corrected chi connectivity index (χ1v) is 5.87. The molecule has 0 aliphatic heterocycles. The summed E-state index contributed by atoms with van der Waals surface area (Å²) in [6, 6.07) is 0. The van der Waals surface area contributed by atoms with Gasteiger partial charge in [-0.05, 0) is 12.8 Å². The Morgan fingerprint density at radius 3 is 2.27 bits per heavy atom. The predicted molar refractivity (Wildman–Crippen MR) is 57.1 cm³/mol. The van der Waals surface area contributed by atoms with Crippen molar-refractivity contribution in [1.82, 2.24) is 0 Å². The lowest BCUT2D eigenvalue weighted by atomic mass is 10.2. The van der Waals surface area contributed by atoms with Crippen LogP contribution in [0.15, 0.2) is 0 Å². The van der Waals surface area contributed by atoms with E-state index in [2.05, 4.69) is 0 Å². The van der Waals surface area contributed by atoms with Gasteiger partial charge in [-0.3, -0.25) is 9.59 Å². The number of aliphatic hydroxyl groups is 1. The molecule has 15 heavy (non-hydrogen) atoms. The van der Waals surface area contributed by atoms with Crippen LogP contribution in [0.1, 0.15) is 25.7 Å². The standard InChI is InChI=1S/C9H16O5S/c10-7(2-1-3-8(11)12)6-15-5-4-9(13)14/h7,10H,1-6H2,(H,11,12)(H,13,14). The third kappa shape index (κ3) is 11.2.